The maximum Gasteiger partial charge on any atom is 0.237 e. The topological polar surface area (TPSA) is 65.8 Å². The Bertz CT molecular complexity index is 863. The molecule has 2 fully saturated rings. The highest BCUT2D eigenvalue weighted by molar-refractivity contribution is 5.79. The normalized spacial score (nSPS) is 21.7. The van der Waals surface area contributed by atoms with E-state index in [2.05, 4.69) is 11.0 Å². The third kappa shape index (κ3) is 4.87. The Hall–Kier alpha value is -3.04. The van der Waals surface area contributed by atoms with E-state index < -0.39 is 0 Å². The molecule has 0 spiro atoms. The van der Waals surface area contributed by atoms with Crippen LogP contribution in [0.2, 0.25) is 0 Å². The van der Waals surface area contributed by atoms with Gasteiger partial charge >= 0.3 is 0 Å². The van der Waals surface area contributed by atoms with Crippen LogP contribution in [0, 0.1) is 11.3 Å². The average Bonchev–Trinajstić information content (AvgIpc) is 3.39. The van der Waals surface area contributed by atoms with Crippen LogP contribution in [-0.2, 0) is 4.79 Å². The van der Waals surface area contributed by atoms with Crippen molar-refractivity contribution in [1.82, 2.24) is 9.80 Å². The molecule has 0 aromatic heterocycles. The summed E-state index contributed by atoms with van der Waals surface area (Å²) in [6, 6.07) is 19.3. The van der Waals surface area contributed by atoms with Crippen molar-refractivity contribution >= 4 is 5.91 Å². The van der Waals surface area contributed by atoms with Crippen LogP contribution in [0.3, 0.4) is 0 Å². The Balaban J connectivity index is 1.26. The van der Waals surface area contributed by atoms with Crippen molar-refractivity contribution in [2.45, 2.75) is 31.4 Å². The Labute approximate surface area is 171 Å². The van der Waals surface area contributed by atoms with Gasteiger partial charge < -0.3 is 14.4 Å². The number of rotatable bonds is 6. The van der Waals surface area contributed by atoms with Gasteiger partial charge in [0.1, 0.15) is 29.4 Å². The monoisotopic (exact) mass is 391 g/mol. The van der Waals surface area contributed by atoms with Crippen LogP contribution in [0.5, 0.6) is 17.2 Å². The quantitative estimate of drug-likeness (QED) is 0.755. The summed E-state index contributed by atoms with van der Waals surface area (Å²) < 4.78 is 11.9. The van der Waals surface area contributed by atoms with Crippen LogP contribution in [0.4, 0.5) is 0 Å². The number of para-hydroxylation sites is 1. The molecule has 6 heteroatoms. The van der Waals surface area contributed by atoms with Gasteiger partial charge in [0, 0.05) is 19.6 Å². The van der Waals surface area contributed by atoms with E-state index in [1.54, 1.807) is 4.90 Å². The van der Waals surface area contributed by atoms with Gasteiger partial charge in [-0.15, -0.1) is 0 Å². The van der Waals surface area contributed by atoms with Gasteiger partial charge in [0.05, 0.1) is 12.6 Å². The molecule has 6 nitrogen and oxygen atoms in total. The molecule has 29 heavy (non-hydrogen) atoms. The molecule has 2 unspecified atom stereocenters. The molecular formula is C23H25N3O3. The van der Waals surface area contributed by atoms with E-state index >= 15 is 0 Å². The lowest BCUT2D eigenvalue weighted by Crippen LogP contribution is -2.42. The number of hydrogen-bond acceptors (Lipinski definition) is 5. The third-order valence-electron chi connectivity index (χ3n) is 5.42. The summed E-state index contributed by atoms with van der Waals surface area (Å²) in [6.45, 7) is 2.61. The second kappa shape index (κ2) is 8.97. The van der Waals surface area contributed by atoms with Gasteiger partial charge in [-0.3, -0.25) is 9.69 Å². The number of nitrogens with zero attached hydrogens (tertiary/aromatic N) is 3. The minimum atomic E-state index is -0.256. The van der Waals surface area contributed by atoms with Gasteiger partial charge in [0.2, 0.25) is 5.91 Å². The molecule has 0 radical (unpaired) electrons. The molecule has 4 rings (SSSR count). The van der Waals surface area contributed by atoms with Crippen LogP contribution in [0.1, 0.15) is 19.3 Å². The molecule has 1 amide bonds. The van der Waals surface area contributed by atoms with Gasteiger partial charge in [-0.1, -0.05) is 18.2 Å². The highest BCUT2D eigenvalue weighted by Gasteiger charge is 2.32. The van der Waals surface area contributed by atoms with Crippen molar-refractivity contribution in [3.8, 4) is 23.3 Å². The second-order valence-corrected chi connectivity index (χ2v) is 7.52. The number of amides is 1. The van der Waals surface area contributed by atoms with Crippen molar-refractivity contribution in [2.75, 3.05) is 26.2 Å². The summed E-state index contributed by atoms with van der Waals surface area (Å²) >= 11 is 0. The van der Waals surface area contributed by atoms with Crippen LogP contribution in [0.15, 0.2) is 54.6 Å². The molecule has 0 bridgehead atoms. The summed E-state index contributed by atoms with van der Waals surface area (Å²) in [5.74, 6) is 2.42. The van der Waals surface area contributed by atoms with Crippen molar-refractivity contribution in [2.24, 2.45) is 0 Å². The number of hydrogen-bond donors (Lipinski definition) is 0. The van der Waals surface area contributed by atoms with Gasteiger partial charge in [-0.2, -0.15) is 5.26 Å². The smallest absolute Gasteiger partial charge is 0.237 e. The van der Waals surface area contributed by atoms with Crippen LogP contribution in [-0.4, -0.2) is 54.0 Å². The van der Waals surface area contributed by atoms with Gasteiger partial charge in [-0.05, 0) is 55.7 Å². The van der Waals surface area contributed by atoms with Gasteiger partial charge in [0.25, 0.3) is 0 Å². The number of benzene rings is 2. The molecule has 2 aliphatic rings. The lowest BCUT2D eigenvalue weighted by Gasteiger charge is -2.23. The maximum atomic E-state index is 12.5. The highest BCUT2D eigenvalue weighted by Crippen LogP contribution is 2.25. The van der Waals surface area contributed by atoms with Crippen LogP contribution in [0.25, 0.3) is 0 Å². The van der Waals surface area contributed by atoms with Crippen LogP contribution < -0.4 is 9.47 Å². The lowest BCUT2D eigenvalue weighted by molar-refractivity contribution is -0.132. The number of ether oxygens (including phenoxy) is 2. The van der Waals surface area contributed by atoms with Crippen molar-refractivity contribution in [3.63, 3.8) is 0 Å². The minimum absolute atomic E-state index is 0.0529. The van der Waals surface area contributed by atoms with Gasteiger partial charge in [0.15, 0.2) is 0 Å². The molecule has 0 N–H and O–H groups in total. The number of likely N-dealkylation sites (tertiary alicyclic amines) is 2. The molecule has 150 valence electrons. The first-order valence-electron chi connectivity index (χ1n) is 10.1. The first-order chi connectivity index (χ1) is 14.2. The first kappa shape index (κ1) is 19.3. The molecule has 0 aliphatic carbocycles. The van der Waals surface area contributed by atoms with Crippen molar-refractivity contribution in [1.29, 1.82) is 5.26 Å². The molecule has 2 aromatic rings. The maximum absolute atomic E-state index is 12.5. The Morgan fingerprint density at radius 1 is 1.00 bits per heavy atom. The molecule has 2 atom stereocenters. The van der Waals surface area contributed by atoms with E-state index in [9.17, 15) is 4.79 Å². The fourth-order valence-electron chi connectivity index (χ4n) is 3.92. The summed E-state index contributed by atoms with van der Waals surface area (Å²) in [6.07, 6.45) is 2.66. The van der Waals surface area contributed by atoms with E-state index in [0.29, 0.717) is 13.1 Å². The Kier molecular flexibility index (Phi) is 5.97. The summed E-state index contributed by atoms with van der Waals surface area (Å²) in [5, 5.41) is 9.17. The summed E-state index contributed by atoms with van der Waals surface area (Å²) in [4.78, 5) is 16.3. The molecule has 2 aliphatic heterocycles. The summed E-state index contributed by atoms with van der Waals surface area (Å²) in [5.41, 5.74) is 0. The lowest BCUT2D eigenvalue weighted by atomic mass is 10.2. The van der Waals surface area contributed by atoms with Gasteiger partial charge in [-0.25, -0.2) is 0 Å². The molecule has 0 saturated carbocycles. The zero-order valence-corrected chi connectivity index (χ0v) is 16.4. The predicted octanol–water partition coefficient (Wildman–Crippen LogP) is 3.45. The molecule has 2 saturated heterocycles. The molecular weight excluding hydrogens is 366 g/mol. The van der Waals surface area contributed by atoms with Crippen molar-refractivity contribution < 1.29 is 14.3 Å². The number of nitriles is 1. The van der Waals surface area contributed by atoms with E-state index in [-0.39, 0.29) is 18.1 Å². The van der Waals surface area contributed by atoms with Crippen LogP contribution >= 0.6 is 0 Å². The summed E-state index contributed by atoms with van der Waals surface area (Å²) in [7, 11) is 0. The zero-order chi connectivity index (χ0) is 20.1. The fraction of sp³-hybridized carbons (Fsp3) is 0.391. The predicted molar refractivity (Wildman–Crippen MR) is 109 cm³/mol. The molecule has 2 aromatic carbocycles. The second-order valence-electron chi connectivity index (χ2n) is 7.52. The highest BCUT2D eigenvalue weighted by atomic mass is 16.5. The van der Waals surface area contributed by atoms with E-state index in [1.165, 1.54) is 0 Å². The minimum Gasteiger partial charge on any atom is -0.489 e. The number of carbonyl (C=O) groups is 1. The zero-order valence-electron chi connectivity index (χ0n) is 16.4. The average molecular weight is 391 g/mol. The number of carbonyl (C=O) groups excluding carboxylic acids is 1. The third-order valence-corrected chi connectivity index (χ3v) is 5.42. The first-order valence-corrected chi connectivity index (χ1v) is 10.1. The van der Waals surface area contributed by atoms with Crippen molar-refractivity contribution in [3.05, 3.63) is 54.6 Å². The van der Waals surface area contributed by atoms with E-state index in [1.807, 2.05) is 54.6 Å². The van der Waals surface area contributed by atoms with E-state index in [0.717, 1.165) is 49.6 Å². The SMILES string of the molecule is N#CC1CCCN1C(=O)CN1CCC(Oc2ccc(Oc3ccccc3)cc2)C1. The standard InChI is InChI=1S/C23H25N3O3/c24-15-18-5-4-13-26(18)23(27)17-25-14-12-22(16-25)29-21-10-8-20(9-11-21)28-19-6-2-1-3-7-19/h1-3,6-11,18,22H,4-5,12-14,16-17H2. The largest absolute Gasteiger partial charge is 0.489 e. The Morgan fingerprint density at radius 3 is 2.48 bits per heavy atom. The fourth-order valence-corrected chi connectivity index (χ4v) is 3.92. The van der Waals surface area contributed by atoms with E-state index in [4.69, 9.17) is 14.7 Å². The Morgan fingerprint density at radius 2 is 1.72 bits per heavy atom. The molecule has 2 heterocycles.